The molecule has 6 nitrogen and oxygen atoms in total. The minimum absolute atomic E-state index is 0.0355. The van der Waals surface area contributed by atoms with Crippen molar-refractivity contribution in [1.29, 1.82) is 0 Å². The fourth-order valence-electron chi connectivity index (χ4n) is 2.60. The quantitative estimate of drug-likeness (QED) is 0.316. The molecule has 27 heavy (non-hydrogen) atoms. The number of carbonyl (C=O) groups is 1. The Bertz CT molecular complexity index is 1190. The third-order valence-electron chi connectivity index (χ3n) is 3.90. The van der Waals surface area contributed by atoms with E-state index in [1.54, 1.807) is 35.0 Å². The lowest BCUT2D eigenvalue weighted by Crippen LogP contribution is -2.11. The van der Waals surface area contributed by atoms with Gasteiger partial charge >= 0.3 is 0 Å². The van der Waals surface area contributed by atoms with Crippen LogP contribution in [0.1, 0.15) is 10.4 Å². The highest BCUT2D eigenvalue weighted by molar-refractivity contribution is 7.99. The van der Waals surface area contributed by atoms with E-state index >= 15 is 0 Å². The van der Waals surface area contributed by atoms with Crippen LogP contribution < -0.4 is 5.56 Å². The Kier molecular flexibility index (Phi) is 4.79. The van der Waals surface area contributed by atoms with Gasteiger partial charge in [0.25, 0.3) is 5.56 Å². The lowest BCUT2D eigenvalue weighted by Gasteiger charge is -2.05. The van der Waals surface area contributed by atoms with Gasteiger partial charge in [-0.15, -0.1) is 0 Å². The normalized spacial score (nSPS) is 11.0. The van der Waals surface area contributed by atoms with E-state index in [1.807, 2.05) is 24.3 Å². The molecule has 0 bridgehead atoms. The van der Waals surface area contributed by atoms with Crippen LogP contribution in [0.2, 0.25) is 5.02 Å². The molecule has 0 aliphatic heterocycles. The first-order chi connectivity index (χ1) is 13.1. The number of Topliss-reactive ketones (excluding diaryl/α,β-unsaturated/α-hetero) is 1. The first-order valence-corrected chi connectivity index (χ1v) is 9.43. The Morgan fingerprint density at radius 3 is 2.74 bits per heavy atom. The largest absolute Gasteiger partial charge is 0.301 e. The first-order valence-electron chi connectivity index (χ1n) is 8.07. The summed E-state index contributed by atoms with van der Waals surface area (Å²) < 4.78 is 1.56. The number of nitrogens with zero attached hydrogens (tertiary/aromatic N) is 3. The number of H-pyrrole nitrogens is 1. The zero-order valence-corrected chi connectivity index (χ0v) is 15.5. The monoisotopic (exact) mass is 396 g/mol. The fraction of sp³-hybridized carbons (Fsp3) is 0.0526. The highest BCUT2D eigenvalue weighted by Gasteiger charge is 2.13. The second-order valence-corrected chi connectivity index (χ2v) is 7.12. The molecule has 0 aliphatic carbocycles. The molecule has 8 heteroatoms. The van der Waals surface area contributed by atoms with Crippen molar-refractivity contribution in [2.24, 2.45) is 0 Å². The minimum atomic E-state index is -0.303. The Labute approximate surface area is 163 Å². The third kappa shape index (κ3) is 3.65. The zero-order chi connectivity index (χ0) is 18.8. The average molecular weight is 397 g/mol. The van der Waals surface area contributed by atoms with Crippen LogP contribution in [-0.4, -0.2) is 31.3 Å². The number of halogens is 1. The van der Waals surface area contributed by atoms with Crippen molar-refractivity contribution in [2.75, 3.05) is 5.75 Å². The van der Waals surface area contributed by atoms with Gasteiger partial charge in [-0.3, -0.25) is 9.59 Å². The number of carbonyl (C=O) groups excluding carboxylic acids is 1. The molecule has 0 unspecified atom stereocenters. The standard InChI is InChI=1S/C19H13ClN4O2S/c20-13-7-4-8-14(9-13)24-17-15(10-21-24)18(26)23-19(22-17)27-11-16(25)12-5-2-1-3-6-12/h1-10H,11H2,(H,22,23,26). The van der Waals surface area contributed by atoms with E-state index in [0.29, 0.717) is 32.5 Å². The van der Waals surface area contributed by atoms with Crippen LogP contribution in [0.25, 0.3) is 16.7 Å². The van der Waals surface area contributed by atoms with Crippen molar-refractivity contribution in [2.45, 2.75) is 5.16 Å². The molecule has 0 fully saturated rings. The summed E-state index contributed by atoms with van der Waals surface area (Å²) in [4.78, 5) is 31.8. The highest BCUT2D eigenvalue weighted by atomic mass is 35.5. The van der Waals surface area contributed by atoms with Gasteiger partial charge in [0, 0.05) is 10.6 Å². The van der Waals surface area contributed by atoms with E-state index in [-0.39, 0.29) is 17.1 Å². The minimum Gasteiger partial charge on any atom is -0.301 e. The number of rotatable bonds is 5. The molecule has 0 spiro atoms. The van der Waals surface area contributed by atoms with Crippen molar-refractivity contribution >= 4 is 40.2 Å². The van der Waals surface area contributed by atoms with E-state index < -0.39 is 0 Å². The third-order valence-corrected chi connectivity index (χ3v) is 5.01. The molecule has 0 aliphatic rings. The van der Waals surface area contributed by atoms with Gasteiger partial charge in [-0.05, 0) is 18.2 Å². The average Bonchev–Trinajstić information content (AvgIpc) is 3.11. The Morgan fingerprint density at radius 2 is 1.96 bits per heavy atom. The molecule has 0 saturated heterocycles. The van der Waals surface area contributed by atoms with E-state index in [9.17, 15) is 9.59 Å². The maximum atomic E-state index is 12.4. The predicted octanol–water partition coefficient (Wildman–Crippen LogP) is 3.74. The zero-order valence-electron chi connectivity index (χ0n) is 13.9. The van der Waals surface area contributed by atoms with Crippen LogP contribution >= 0.6 is 23.4 Å². The number of fused-ring (bicyclic) bond motifs is 1. The summed E-state index contributed by atoms with van der Waals surface area (Å²) in [5.74, 6) is 0.135. The van der Waals surface area contributed by atoms with Crippen LogP contribution in [0, 0.1) is 0 Å². The molecule has 0 atom stereocenters. The van der Waals surface area contributed by atoms with E-state index in [4.69, 9.17) is 11.6 Å². The molecular formula is C19H13ClN4O2S. The number of aromatic nitrogens is 4. The maximum Gasteiger partial charge on any atom is 0.262 e. The van der Waals surface area contributed by atoms with Crippen molar-refractivity contribution in [3.8, 4) is 5.69 Å². The SMILES string of the molecule is O=C(CSc1nc2c(cnn2-c2cccc(Cl)c2)c(=O)[nH]1)c1ccccc1. The summed E-state index contributed by atoms with van der Waals surface area (Å²) >= 11 is 7.23. The summed E-state index contributed by atoms with van der Waals surface area (Å²) in [7, 11) is 0. The smallest absolute Gasteiger partial charge is 0.262 e. The molecule has 2 aromatic heterocycles. The van der Waals surface area contributed by atoms with Gasteiger partial charge in [0.05, 0.1) is 17.6 Å². The van der Waals surface area contributed by atoms with Crippen molar-refractivity contribution in [3.63, 3.8) is 0 Å². The molecule has 4 aromatic rings. The number of nitrogens with one attached hydrogen (secondary N) is 1. The Balaban J connectivity index is 1.66. The molecule has 0 radical (unpaired) electrons. The summed E-state index contributed by atoms with van der Waals surface area (Å²) in [6.07, 6.45) is 1.46. The number of aromatic amines is 1. The summed E-state index contributed by atoms with van der Waals surface area (Å²) in [5.41, 5.74) is 1.43. The number of ketones is 1. The molecule has 2 heterocycles. The van der Waals surface area contributed by atoms with Crippen LogP contribution in [0.4, 0.5) is 0 Å². The fourth-order valence-corrected chi connectivity index (χ4v) is 3.54. The van der Waals surface area contributed by atoms with Crippen LogP contribution in [0.15, 0.2) is 70.7 Å². The number of benzene rings is 2. The summed E-state index contributed by atoms with van der Waals surface area (Å²) in [6.45, 7) is 0. The summed E-state index contributed by atoms with van der Waals surface area (Å²) in [6, 6.07) is 16.1. The van der Waals surface area contributed by atoms with E-state index in [1.165, 1.54) is 18.0 Å². The number of thioether (sulfide) groups is 1. The van der Waals surface area contributed by atoms with Gasteiger partial charge in [-0.25, -0.2) is 9.67 Å². The second-order valence-electron chi connectivity index (χ2n) is 5.72. The molecular weight excluding hydrogens is 384 g/mol. The van der Waals surface area contributed by atoms with Gasteiger partial charge < -0.3 is 4.98 Å². The lowest BCUT2D eigenvalue weighted by atomic mass is 10.2. The van der Waals surface area contributed by atoms with Crippen molar-refractivity contribution in [3.05, 3.63) is 81.7 Å². The van der Waals surface area contributed by atoms with Gasteiger partial charge in [0.1, 0.15) is 5.39 Å². The van der Waals surface area contributed by atoms with Crippen LogP contribution in [0.5, 0.6) is 0 Å². The molecule has 134 valence electrons. The highest BCUT2D eigenvalue weighted by Crippen LogP contribution is 2.20. The Morgan fingerprint density at radius 1 is 1.15 bits per heavy atom. The molecule has 0 amide bonds. The topological polar surface area (TPSA) is 80.6 Å². The van der Waals surface area contributed by atoms with Gasteiger partial charge in [0.2, 0.25) is 0 Å². The van der Waals surface area contributed by atoms with Crippen molar-refractivity contribution < 1.29 is 4.79 Å². The second kappa shape index (κ2) is 7.38. The van der Waals surface area contributed by atoms with Gasteiger partial charge in [-0.1, -0.05) is 59.8 Å². The van der Waals surface area contributed by atoms with Crippen LogP contribution in [0.3, 0.4) is 0 Å². The number of hydrogen-bond donors (Lipinski definition) is 1. The van der Waals surface area contributed by atoms with E-state index in [2.05, 4.69) is 15.1 Å². The molecule has 1 N–H and O–H groups in total. The van der Waals surface area contributed by atoms with Gasteiger partial charge in [0.15, 0.2) is 16.6 Å². The van der Waals surface area contributed by atoms with E-state index in [0.717, 1.165) is 0 Å². The first kappa shape index (κ1) is 17.5. The predicted molar refractivity (Wildman–Crippen MR) is 106 cm³/mol. The maximum absolute atomic E-state index is 12.4. The van der Waals surface area contributed by atoms with Gasteiger partial charge in [-0.2, -0.15) is 5.10 Å². The lowest BCUT2D eigenvalue weighted by molar-refractivity contribution is 0.102. The number of hydrogen-bond acceptors (Lipinski definition) is 5. The van der Waals surface area contributed by atoms with Crippen molar-refractivity contribution in [1.82, 2.24) is 19.7 Å². The van der Waals surface area contributed by atoms with Crippen LogP contribution in [-0.2, 0) is 0 Å². The Hall–Kier alpha value is -2.90. The molecule has 0 saturated carbocycles. The molecule has 4 rings (SSSR count). The summed E-state index contributed by atoms with van der Waals surface area (Å²) in [5, 5.41) is 5.54. The molecule has 2 aromatic carbocycles.